The highest BCUT2D eigenvalue weighted by Crippen LogP contribution is 2.22. The first-order valence-electron chi connectivity index (χ1n) is 7.40. The van der Waals surface area contributed by atoms with Crippen molar-refractivity contribution in [3.05, 3.63) is 0 Å². The van der Waals surface area contributed by atoms with E-state index >= 15 is 0 Å². The topological polar surface area (TPSA) is 15.3 Å². The van der Waals surface area contributed by atoms with E-state index in [9.17, 15) is 0 Å². The first kappa shape index (κ1) is 15.0. The van der Waals surface area contributed by atoms with Gasteiger partial charge in [-0.1, -0.05) is 41.0 Å². The Morgan fingerprint density at radius 3 is 2.41 bits per heavy atom. The van der Waals surface area contributed by atoms with Crippen LogP contribution in [0.2, 0.25) is 0 Å². The van der Waals surface area contributed by atoms with Crippen molar-refractivity contribution < 1.29 is 0 Å². The van der Waals surface area contributed by atoms with Crippen molar-refractivity contribution in [2.75, 3.05) is 26.2 Å². The number of nitrogens with zero attached hydrogens (tertiary/aromatic N) is 1. The molecule has 0 radical (unpaired) electrons. The Balaban J connectivity index is 2.42. The molecule has 1 rings (SSSR count). The Morgan fingerprint density at radius 2 is 1.88 bits per heavy atom. The van der Waals surface area contributed by atoms with E-state index in [2.05, 4.69) is 44.8 Å². The Morgan fingerprint density at radius 1 is 1.18 bits per heavy atom. The fraction of sp³-hybridized carbons (Fsp3) is 1.00. The molecule has 2 heteroatoms. The van der Waals surface area contributed by atoms with Crippen LogP contribution in [0.1, 0.15) is 53.9 Å². The van der Waals surface area contributed by atoms with Gasteiger partial charge in [0.2, 0.25) is 0 Å². The summed E-state index contributed by atoms with van der Waals surface area (Å²) in [5.41, 5.74) is 0.398. The van der Waals surface area contributed by atoms with Crippen molar-refractivity contribution in [3.8, 4) is 0 Å². The first-order valence-corrected chi connectivity index (χ1v) is 7.40. The number of hydrogen-bond acceptors (Lipinski definition) is 2. The van der Waals surface area contributed by atoms with Crippen LogP contribution in [0.5, 0.6) is 0 Å². The largest absolute Gasteiger partial charge is 0.312 e. The van der Waals surface area contributed by atoms with Gasteiger partial charge in [0.15, 0.2) is 0 Å². The van der Waals surface area contributed by atoms with Crippen LogP contribution in [0.25, 0.3) is 0 Å². The van der Waals surface area contributed by atoms with Crippen LogP contribution in [-0.4, -0.2) is 37.1 Å². The van der Waals surface area contributed by atoms with Gasteiger partial charge in [0.25, 0.3) is 0 Å². The molecular weight excluding hydrogens is 208 g/mol. The molecule has 1 aliphatic rings. The molecule has 1 N–H and O–H groups in total. The number of nitrogens with one attached hydrogen (secondary N) is 1. The molecule has 0 aromatic heterocycles. The summed E-state index contributed by atoms with van der Waals surface area (Å²) in [6.07, 6.45) is 4.10. The van der Waals surface area contributed by atoms with E-state index in [-0.39, 0.29) is 0 Å². The highest BCUT2D eigenvalue weighted by Gasteiger charge is 2.26. The number of piperidine rings is 1. The van der Waals surface area contributed by atoms with Crippen molar-refractivity contribution >= 4 is 0 Å². The van der Waals surface area contributed by atoms with Gasteiger partial charge in [0, 0.05) is 25.7 Å². The summed E-state index contributed by atoms with van der Waals surface area (Å²) in [4.78, 5) is 2.62. The van der Waals surface area contributed by atoms with Crippen molar-refractivity contribution in [1.29, 1.82) is 0 Å². The average molecular weight is 240 g/mol. The summed E-state index contributed by atoms with van der Waals surface area (Å²) in [6, 6.07) is 0.708. The fourth-order valence-corrected chi connectivity index (χ4v) is 2.78. The van der Waals surface area contributed by atoms with Crippen molar-refractivity contribution in [1.82, 2.24) is 10.2 Å². The maximum atomic E-state index is 3.77. The minimum Gasteiger partial charge on any atom is -0.312 e. The summed E-state index contributed by atoms with van der Waals surface area (Å²) in [7, 11) is 0. The lowest BCUT2D eigenvalue weighted by Gasteiger charge is -2.38. The van der Waals surface area contributed by atoms with E-state index in [0.29, 0.717) is 11.5 Å². The van der Waals surface area contributed by atoms with Crippen molar-refractivity contribution in [2.24, 2.45) is 11.3 Å². The smallest absolute Gasteiger partial charge is 0.0198 e. The van der Waals surface area contributed by atoms with Gasteiger partial charge in [-0.25, -0.2) is 0 Å². The molecule has 0 amide bonds. The summed E-state index contributed by atoms with van der Waals surface area (Å²) >= 11 is 0. The van der Waals surface area contributed by atoms with Crippen LogP contribution >= 0.6 is 0 Å². The maximum absolute atomic E-state index is 3.77. The number of likely N-dealkylation sites (tertiary alicyclic amines) is 1. The van der Waals surface area contributed by atoms with Gasteiger partial charge in [-0.05, 0) is 30.7 Å². The van der Waals surface area contributed by atoms with Gasteiger partial charge in [0.05, 0.1) is 0 Å². The highest BCUT2D eigenvalue weighted by atomic mass is 15.2. The summed E-state index contributed by atoms with van der Waals surface area (Å²) in [6.45, 7) is 16.4. The lowest BCUT2D eigenvalue weighted by Crippen LogP contribution is -2.50. The molecule has 102 valence electrons. The molecule has 1 aliphatic heterocycles. The molecule has 0 spiro atoms. The third-order valence-corrected chi connectivity index (χ3v) is 3.68. The second kappa shape index (κ2) is 6.75. The standard InChI is InChI=1S/C15H32N2/c1-6-8-13-9-14(11-17(7-2)10-13)16-12-15(3,4)5/h13-14,16H,6-12H2,1-5H3. The average Bonchev–Trinajstić information content (AvgIpc) is 2.25. The Bertz CT molecular complexity index is 207. The van der Waals surface area contributed by atoms with Gasteiger partial charge < -0.3 is 10.2 Å². The zero-order valence-electron chi connectivity index (χ0n) is 12.6. The van der Waals surface area contributed by atoms with E-state index < -0.39 is 0 Å². The molecule has 0 aromatic carbocycles. The summed E-state index contributed by atoms with van der Waals surface area (Å²) in [5.74, 6) is 0.908. The lowest BCUT2D eigenvalue weighted by atomic mass is 9.89. The van der Waals surface area contributed by atoms with Gasteiger partial charge >= 0.3 is 0 Å². The van der Waals surface area contributed by atoms with Crippen molar-refractivity contribution in [2.45, 2.75) is 59.9 Å². The third-order valence-electron chi connectivity index (χ3n) is 3.68. The van der Waals surface area contributed by atoms with Crippen LogP contribution in [-0.2, 0) is 0 Å². The minimum atomic E-state index is 0.398. The molecule has 1 fully saturated rings. The molecule has 0 aliphatic carbocycles. The van der Waals surface area contributed by atoms with Gasteiger partial charge in [-0.2, -0.15) is 0 Å². The zero-order valence-corrected chi connectivity index (χ0v) is 12.6. The number of rotatable bonds is 5. The Kier molecular flexibility index (Phi) is 5.94. The Labute approximate surface area is 108 Å². The van der Waals surface area contributed by atoms with Gasteiger partial charge in [-0.3, -0.25) is 0 Å². The van der Waals surface area contributed by atoms with Crippen molar-refractivity contribution in [3.63, 3.8) is 0 Å². The molecule has 1 saturated heterocycles. The molecule has 1 heterocycles. The number of likely N-dealkylation sites (N-methyl/N-ethyl adjacent to an activating group) is 1. The van der Waals surface area contributed by atoms with E-state index in [4.69, 9.17) is 0 Å². The van der Waals surface area contributed by atoms with Crippen LogP contribution in [0, 0.1) is 11.3 Å². The van der Waals surface area contributed by atoms with E-state index in [1.807, 2.05) is 0 Å². The number of hydrogen-bond donors (Lipinski definition) is 1. The molecular formula is C15H32N2. The van der Waals surface area contributed by atoms with E-state index in [1.165, 1.54) is 38.9 Å². The predicted molar refractivity (Wildman–Crippen MR) is 76.4 cm³/mol. The van der Waals surface area contributed by atoms with Crippen LogP contribution in [0.3, 0.4) is 0 Å². The van der Waals surface area contributed by atoms with Crippen LogP contribution < -0.4 is 5.32 Å². The zero-order chi connectivity index (χ0) is 12.9. The van der Waals surface area contributed by atoms with Crippen LogP contribution in [0.15, 0.2) is 0 Å². The molecule has 17 heavy (non-hydrogen) atoms. The lowest BCUT2D eigenvalue weighted by molar-refractivity contribution is 0.135. The molecule has 0 aromatic rings. The van der Waals surface area contributed by atoms with E-state index in [1.54, 1.807) is 0 Å². The normalized spacial score (nSPS) is 27.4. The van der Waals surface area contributed by atoms with E-state index in [0.717, 1.165) is 12.5 Å². The molecule has 0 bridgehead atoms. The first-order chi connectivity index (χ1) is 7.94. The molecule has 2 nitrogen and oxygen atoms in total. The minimum absolute atomic E-state index is 0.398. The van der Waals surface area contributed by atoms with Gasteiger partial charge in [-0.15, -0.1) is 0 Å². The SMILES string of the molecule is CCCC1CC(NCC(C)(C)C)CN(CC)C1. The summed E-state index contributed by atoms with van der Waals surface area (Å²) in [5, 5.41) is 3.77. The third kappa shape index (κ3) is 5.87. The predicted octanol–water partition coefficient (Wildman–Crippen LogP) is 3.13. The fourth-order valence-electron chi connectivity index (χ4n) is 2.78. The quantitative estimate of drug-likeness (QED) is 0.794. The highest BCUT2D eigenvalue weighted by molar-refractivity contribution is 4.84. The molecule has 2 atom stereocenters. The monoisotopic (exact) mass is 240 g/mol. The van der Waals surface area contributed by atoms with Crippen LogP contribution in [0.4, 0.5) is 0 Å². The van der Waals surface area contributed by atoms with Gasteiger partial charge in [0.1, 0.15) is 0 Å². The Hall–Kier alpha value is -0.0800. The maximum Gasteiger partial charge on any atom is 0.0198 e. The second-order valence-electron chi connectivity index (χ2n) is 6.88. The molecule has 2 unspecified atom stereocenters. The second-order valence-corrected chi connectivity index (χ2v) is 6.88. The molecule has 0 saturated carbocycles. The summed E-state index contributed by atoms with van der Waals surface area (Å²) < 4.78 is 0.